The summed E-state index contributed by atoms with van der Waals surface area (Å²) in [6.07, 6.45) is 6.86. The van der Waals surface area contributed by atoms with Gasteiger partial charge in [0.25, 0.3) is 5.56 Å². The minimum Gasteiger partial charge on any atom is -0.356 e. The SMILES string of the molecule is CSc1nc2c(F)c(-c3cccc(Cl)c3Cl)c(CCC#N)cc2c2[nH]c(C(C)n3ccncc3=O)cc12. The molecule has 0 saturated heterocycles. The van der Waals surface area contributed by atoms with Crippen molar-refractivity contribution in [3.63, 3.8) is 0 Å². The van der Waals surface area contributed by atoms with Gasteiger partial charge >= 0.3 is 0 Å². The van der Waals surface area contributed by atoms with Gasteiger partial charge in [-0.2, -0.15) is 5.26 Å². The minimum atomic E-state index is -0.527. The molecule has 0 radical (unpaired) electrons. The van der Waals surface area contributed by atoms with E-state index in [1.807, 2.05) is 25.3 Å². The van der Waals surface area contributed by atoms with Crippen LogP contribution in [-0.4, -0.2) is 25.8 Å². The van der Waals surface area contributed by atoms with E-state index in [1.165, 1.54) is 18.0 Å². The molecule has 5 rings (SSSR count). The van der Waals surface area contributed by atoms with Crippen LogP contribution in [0.2, 0.25) is 10.0 Å². The predicted molar refractivity (Wildman–Crippen MR) is 147 cm³/mol. The fourth-order valence-electron chi connectivity index (χ4n) is 4.59. The highest BCUT2D eigenvalue weighted by molar-refractivity contribution is 7.98. The summed E-state index contributed by atoms with van der Waals surface area (Å²) in [5.74, 6) is -0.527. The second kappa shape index (κ2) is 10.2. The molecule has 0 saturated carbocycles. The molecule has 0 amide bonds. The van der Waals surface area contributed by atoms with Gasteiger partial charge in [0, 0.05) is 46.4 Å². The van der Waals surface area contributed by atoms with Gasteiger partial charge in [0.1, 0.15) is 10.5 Å². The van der Waals surface area contributed by atoms with E-state index in [9.17, 15) is 10.1 Å². The number of aryl methyl sites for hydroxylation is 1. The fraction of sp³-hybridized carbons (Fsp3) is 0.185. The van der Waals surface area contributed by atoms with E-state index in [-0.39, 0.29) is 34.1 Å². The van der Waals surface area contributed by atoms with Crippen LogP contribution in [0.5, 0.6) is 0 Å². The van der Waals surface area contributed by atoms with Crippen molar-refractivity contribution in [3.05, 3.63) is 86.4 Å². The molecule has 0 spiro atoms. The monoisotopic (exact) mass is 551 g/mol. The molecule has 2 aromatic carbocycles. The largest absolute Gasteiger partial charge is 0.356 e. The highest BCUT2D eigenvalue weighted by Crippen LogP contribution is 2.42. The van der Waals surface area contributed by atoms with Crippen LogP contribution in [0.15, 0.2) is 58.7 Å². The van der Waals surface area contributed by atoms with Crippen LogP contribution < -0.4 is 5.56 Å². The summed E-state index contributed by atoms with van der Waals surface area (Å²) in [5, 5.41) is 11.9. The summed E-state index contributed by atoms with van der Waals surface area (Å²) in [4.78, 5) is 24.4. The second-order valence-electron chi connectivity index (χ2n) is 8.51. The van der Waals surface area contributed by atoms with Gasteiger partial charge in [-0.25, -0.2) is 9.37 Å². The number of fused-ring (bicyclic) bond motifs is 3. The average molecular weight is 552 g/mol. The topological polar surface area (TPSA) is 87.4 Å². The Hall–Kier alpha value is -3.38. The molecule has 0 aliphatic carbocycles. The number of H-pyrrole nitrogens is 1. The maximum absolute atomic E-state index is 16.4. The van der Waals surface area contributed by atoms with E-state index in [0.717, 1.165) is 11.1 Å². The Bertz CT molecular complexity index is 1780. The molecule has 0 aliphatic rings. The lowest BCUT2D eigenvalue weighted by atomic mass is 9.93. The third kappa shape index (κ3) is 4.37. The average Bonchev–Trinajstić information content (AvgIpc) is 3.35. The summed E-state index contributed by atoms with van der Waals surface area (Å²) in [7, 11) is 0. The standard InChI is InChI=1S/C27H20Cl2FN5OS/c1-14(35-10-9-32-13-21(35)36)20-12-18-25(33-20)17-11-15(5-4-8-31)22(16-6-3-7-19(28)23(16)29)24(30)26(17)34-27(18)37-2/h3,6-7,9-14,33H,4-5H2,1-2H3. The van der Waals surface area contributed by atoms with Crippen molar-refractivity contribution in [2.75, 3.05) is 6.26 Å². The van der Waals surface area contributed by atoms with Crippen molar-refractivity contribution in [3.8, 4) is 17.2 Å². The van der Waals surface area contributed by atoms with Crippen LogP contribution >= 0.6 is 35.0 Å². The van der Waals surface area contributed by atoms with E-state index in [1.54, 1.807) is 35.2 Å². The van der Waals surface area contributed by atoms with Gasteiger partial charge in [-0.1, -0.05) is 35.3 Å². The van der Waals surface area contributed by atoms with Crippen molar-refractivity contribution >= 4 is 56.8 Å². The van der Waals surface area contributed by atoms with Crippen LogP contribution in [-0.2, 0) is 6.42 Å². The molecule has 1 N–H and O–H groups in total. The van der Waals surface area contributed by atoms with E-state index in [0.29, 0.717) is 38.5 Å². The lowest BCUT2D eigenvalue weighted by molar-refractivity contribution is 0.598. The first kappa shape index (κ1) is 25.3. The predicted octanol–water partition coefficient (Wildman–Crippen LogP) is 7.17. The number of thioether (sulfide) groups is 1. The Labute approximate surface area is 226 Å². The number of nitriles is 1. The van der Waals surface area contributed by atoms with Crippen molar-refractivity contribution in [2.24, 2.45) is 0 Å². The van der Waals surface area contributed by atoms with Crippen molar-refractivity contribution in [2.45, 2.75) is 30.8 Å². The Balaban J connectivity index is 1.82. The summed E-state index contributed by atoms with van der Waals surface area (Å²) < 4.78 is 17.9. The first-order valence-corrected chi connectivity index (χ1v) is 13.4. The molecular weight excluding hydrogens is 532 g/mol. The smallest absolute Gasteiger partial charge is 0.269 e. The summed E-state index contributed by atoms with van der Waals surface area (Å²) >= 11 is 14.1. The maximum Gasteiger partial charge on any atom is 0.269 e. The van der Waals surface area contributed by atoms with Gasteiger partial charge < -0.3 is 9.55 Å². The zero-order valence-electron chi connectivity index (χ0n) is 19.8. The van der Waals surface area contributed by atoms with E-state index in [2.05, 4.69) is 16.0 Å². The summed E-state index contributed by atoms with van der Waals surface area (Å²) in [5.41, 5.74) is 2.81. The molecule has 10 heteroatoms. The molecule has 0 fully saturated rings. The quantitative estimate of drug-likeness (QED) is 0.226. The van der Waals surface area contributed by atoms with E-state index in [4.69, 9.17) is 28.2 Å². The number of aromatic amines is 1. The number of nitrogens with one attached hydrogen (secondary N) is 1. The van der Waals surface area contributed by atoms with Gasteiger partial charge in [0.2, 0.25) is 0 Å². The van der Waals surface area contributed by atoms with Crippen molar-refractivity contribution in [1.29, 1.82) is 5.26 Å². The number of benzene rings is 2. The molecule has 0 aliphatic heterocycles. The molecule has 0 bridgehead atoms. The molecule has 3 aromatic heterocycles. The lowest BCUT2D eigenvalue weighted by Gasteiger charge is -2.16. The molecule has 186 valence electrons. The van der Waals surface area contributed by atoms with Crippen LogP contribution in [0, 0.1) is 17.1 Å². The maximum atomic E-state index is 16.4. The molecule has 6 nitrogen and oxygen atoms in total. The Morgan fingerprint density at radius 2 is 2.08 bits per heavy atom. The number of nitrogens with zero attached hydrogens (tertiary/aromatic N) is 4. The van der Waals surface area contributed by atoms with Gasteiger partial charge in [-0.05, 0) is 43.4 Å². The summed E-state index contributed by atoms with van der Waals surface area (Å²) in [6.45, 7) is 1.90. The first-order chi connectivity index (χ1) is 17.8. The van der Waals surface area contributed by atoms with Gasteiger partial charge in [-0.3, -0.25) is 9.78 Å². The van der Waals surface area contributed by atoms with Gasteiger partial charge in [-0.15, -0.1) is 11.8 Å². The third-order valence-corrected chi connectivity index (χ3v) is 7.93. The molecular formula is C27H20Cl2FN5OS. The third-order valence-electron chi connectivity index (χ3n) is 6.41. The van der Waals surface area contributed by atoms with Crippen LogP contribution in [0.4, 0.5) is 4.39 Å². The van der Waals surface area contributed by atoms with Gasteiger partial charge in [0.15, 0.2) is 5.82 Å². The fourth-order valence-corrected chi connectivity index (χ4v) is 5.55. The number of hydrogen-bond acceptors (Lipinski definition) is 5. The minimum absolute atomic E-state index is 0.186. The zero-order valence-corrected chi connectivity index (χ0v) is 22.2. The Morgan fingerprint density at radius 1 is 1.27 bits per heavy atom. The number of aromatic nitrogens is 4. The number of halogens is 3. The van der Waals surface area contributed by atoms with Crippen LogP contribution in [0.25, 0.3) is 32.9 Å². The second-order valence-corrected chi connectivity index (χ2v) is 10.1. The molecule has 3 heterocycles. The molecule has 1 unspecified atom stereocenters. The number of hydrogen-bond donors (Lipinski definition) is 1. The summed E-state index contributed by atoms with van der Waals surface area (Å²) in [6, 6.07) is 10.7. The highest BCUT2D eigenvalue weighted by atomic mass is 35.5. The normalized spacial score (nSPS) is 12.2. The van der Waals surface area contributed by atoms with Crippen molar-refractivity contribution < 1.29 is 4.39 Å². The van der Waals surface area contributed by atoms with Gasteiger partial charge in [0.05, 0.1) is 33.9 Å². The Kier molecular flexibility index (Phi) is 6.95. The molecule has 1 atom stereocenters. The first-order valence-electron chi connectivity index (χ1n) is 11.4. The van der Waals surface area contributed by atoms with Crippen LogP contribution in [0.1, 0.15) is 30.6 Å². The molecule has 37 heavy (non-hydrogen) atoms. The molecule has 5 aromatic rings. The van der Waals surface area contributed by atoms with E-state index < -0.39 is 5.82 Å². The van der Waals surface area contributed by atoms with Crippen LogP contribution in [0.3, 0.4) is 0 Å². The number of rotatable bonds is 6. The highest BCUT2D eigenvalue weighted by Gasteiger charge is 2.23. The Morgan fingerprint density at radius 3 is 2.81 bits per heavy atom. The van der Waals surface area contributed by atoms with E-state index >= 15 is 4.39 Å². The van der Waals surface area contributed by atoms with Crippen molar-refractivity contribution in [1.82, 2.24) is 19.5 Å². The lowest BCUT2D eigenvalue weighted by Crippen LogP contribution is -2.23. The number of pyridine rings is 1. The zero-order chi connectivity index (χ0) is 26.3.